The van der Waals surface area contributed by atoms with Gasteiger partial charge in [-0.3, -0.25) is 4.79 Å². The number of ether oxygens (including phenoxy) is 1. The molecule has 1 aliphatic heterocycles. The van der Waals surface area contributed by atoms with E-state index in [0.717, 1.165) is 35.1 Å². The van der Waals surface area contributed by atoms with E-state index in [2.05, 4.69) is 29.6 Å². The van der Waals surface area contributed by atoms with Gasteiger partial charge in [0.2, 0.25) is 5.91 Å². The van der Waals surface area contributed by atoms with Crippen LogP contribution in [0.1, 0.15) is 63.0 Å². The minimum Gasteiger partial charge on any atom is -0.480 e. The van der Waals surface area contributed by atoms with Gasteiger partial charge in [-0.1, -0.05) is 68.3 Å². The second-order valence-electron chi connectivity index (χ2n) is 9.34. The van der Waals surface area contributed by atoms with Crippen LogP contribution in [-0.2, 0) is 14.3 Å². The summed E-state index contributed by atoms with van der Waals surface area (Å²) in [5, 5.41) is 12.4. The first kappa shape index (κ1) is 23.8. The van der Waals surface area contributed by atoms with Crippen molar-refractivity contribution in [3.8, 4) is 11.1 Å². The molecule has 2 aromatic rings. The molecule has 0 saturated carbocycles. The summed E-state index contributed by atoms with van der Waals surface area (Å²) in [5.74, 6) is -1.45. The number of aliphatic carboxylic acids is 1. The van der Waals surface area contributed by atoms with Crippen molar-refractivity contribution in [1.82, 2.24) is 10.2 Å². The summed E-state index contributed by atoms with van der Waals surface area (Å²) in [6, 6.07) is 15.4. The number of alkyl carbamates (subject to hydrolysis) is 1. The Labute approximate surface area is 200 Å². The molecule has 0 bridgehead atoms. The van der Waals surface area contributed by atoms with Crippen molar-refractivity contribution in [3.05, 3.63) is 59.7 Å². The molecule has 1 saturated heterocycles. The van der Waals surface area contributed by atoms with Gasteiger partial charge in [0.05, 0.1) is 0 Å². The molecule has 34 heavy (non-hydrogen) atoms. The molecule has 180 valence electrons. The molecule has 0 spiro atoms. The molecule has 1 aliphatic carbocycles. The Bertz CT molecular complexity index is 1040. The van der Waals surface area contributed by atoms with Gasteiger partial charge >= 0.3 is 12.1 Å². The van der Waals surface area contributed by atoms with E-state index in [1.807, 2.05) is 31.2 Å². The average molecular weight is 465 g/mol. The second-order valence-corrected chi connectivity index (χ2v) is 9.34. The Balaban J connectivity index is 1.45. The second kappa shape index (κ2) is 9.87. The molecule has 7 nitrogen and oxygen atoms in total. The third-order valence-electron chi connectivity index (χ3n) is 7.15. The van der Waals surface area contributed by atoms with Gasteiger partial charge in [0.25, 0.3) is 0 Å². The zero-order chi connectivity index (χ0) is 24.3. The van der Waals surface area contributed by atoms with Gasteiger partial charge in [-0.25, -0.2) is 9.59 Å². The molecule has 2 amide bonds. The SMILES string of the molecule is CCCCC(NC(=O)OCC1c2ccccc2-c2ccccc21)C(=O)N1CCCC1(C)C(=O)O. The van der Waals surface area contributed by atoms with Crippen LogP contribution in [0.15, 0.2) is 48.5 Å². The summed E-state index contributed by atoms with van der Waals surface area (Å²) in [7, 11) is 0. The smallest absolute Gasteiger partial charge is 0.407 e. The van der Waals surface area contributed by atoms with Crippen LogP contribution in [0.3, 0.4) is 0 Å². The summed E-state index contributed by atoms with van der Waals surface area (Å²) in [5.41, 5.74) is 3.27. The standard InChI is InChI=1S/C27H32N2O5/c1-3-4-14-23(24(30)29-16-9-15-27(29,2)25(31)32)28-26(33)34-17-22-20-12-7-5-10-18(20)19-11-6-8-13-21(19)22/h5-8,10-13,22-23H,3-4,9,14-17H2,1-2H3,(H,28,33)(H,31,32). The minimum atomic E-state index is -1.25. The minimum absolute atomic E-state index is 0.0724. The monoisotopic (exact) mass is 464 g/mol. The van der Waals surface area contributed by atoms with Gasteiger partial charge in [0.15, 0.2) is 0 Å². The number of carboxylic acid groups (broad SMARTS) is 1. The Kier molecular flexibility index (Phi) is 6.91. The third-order valence-corrected chi connectivity index (χ3v) is 7.15. The van der Waals surface area contributed by atoms with Gasteiger partial charge in [-0.05, 0) is 48.4 Å². The summed E-state index contributed by atoms with van der Waals surface area (Å²) < 4.78 is 5.63. The topological polar surface area (TPSA) is 95.9 Å². The highest BCUT2D eigenvalue weighted by molar-refractivity contribution is 5.91. The average Bonchev–Trinajstić information content (AvgIpc) is 3.39. The quantitative estimate of drug-likeness (QED) is 0.598. The van der Waals surface area contributed by atoms with Crippen molar-refractivity contribution in [2.45, 2.75) is 63.5 Å². The molecule has 2 unspecified atom stereocenters. The molecule has 0 aromatic heterocycles. The van der Waals surface area contributed by atoms with E-state index in [9.17, 15) is 19.5 Å². The number of unbranched alkanes of at least 4 members (excludes halogenated alkanes) is 1. The first-order chi connectivity index (χ1) is 16.4. The Morgan fingerprint density at radius 1 is 1.12 bits per heavy atom. The normalized spacial score (nSPS) is 19.9. The van der Waals surface area contributed by atoms with E-state index in [1.165, 1.54) is 4.90 Å². The largest absolute Gasteiger partial charge is 0.480 e. The first-order valence-corrected chi connectivity index (χ1v) is 12.0. The predicted molar refractivity (Wildman–Crippen MR) is 129 cm³/mol. The number of rotatable bonds is 8. The lowest BCUT2D eigenvalue weighted by molar-refractivity contribution is -0.156. The molecule has 2 aromatic carbocycles. The molecule has 7 heteroatoms. The molecule has 2 N–H and O–H groups in total. The fraction of sp³-hybridized carbons (Fsp3) is 0.444. The van der Waals surface area contributed by atoms with Crippen LogP contribution < -0.4 is 5.32 Å². The van der Waals surface area contributed by atoms with Crippen LogP contribution in [-0.4, -0.2) is 52.7 Å². The maximum atomic E-state index is 13.3. The van der Waals surface area contributed by atoms with Crippen molar-refractivity contribution in [3.63, 3.8) is 0 Å². The van der Waals surface area contributed by atoms with Gasteiger partial charge in [0, 0.05) is 12.5 Å². The Hall–Kier alpha value is -3.35. The van der Waals surface area contributed by atoms with E-state index < -0.39 is 23.6 Å². The zero-order valence-electron chi connectivity index (χ0n) is 19.8. The fourth-order valence-corrected chi connectivity index (χ4v) is 5.17. The van der Waals surface area contributed by atoms with Crippen LogP contribution in [0.4, 0.5) is 4.79 Å². The third kappa shape index (κ3) is 4.39. The number of hydrogen-bond acceptors (Lipinski definition) is 4. The van der Waals surface area contributed by atoms with Crippen molar-refractivity contribution < 1.29 is 24.2 Å². The number of fused-ring (bicyclic) bond motifs is 3. The van der Waals surface area contributed by atoms with Crippen molar-refractivity contribution >= 4 is 18.0 Å². The predicted octanol–water partition coefficient (Wildman–Crippen LogP) is 4.55. The van der Waals surface area contributed by atoms with Gasteiger partial charge in [-0.15, -0.1) is 0 Å². The number of likely N-dealkylation sites (tertiary alicyclic amines) is 1. The fourth-order valence-electron chi connectivity index (χ4n) is 5.17. The number of nitrogens with one attached hydrogen (secondary N) is 1. The van der Waals surface area contributed by atoms with E-state index >= 15 is 0 Å². The number of nitrogens with zero attached hydrogens (tertiary/aromatic N) is 1. The lowest BCUT2D eigenvalue weighted by Gasteiger charge is -2.34. The van der Waals surface area contributed by atoms with Gasteiger partial charge in [-0.2, -0.15) is 0 Å². The summed E-state index contributed by atoms with van der Waals surface area (Å²) in [6.07, 6.45) is 2.39. The molecule has 0 radical (unpaired) electrons. The summed E-state index contributed by atoms with van der Waals surface area (Å²) >= 11 is 0. The summed E-state index contributed by atoms with van der Waals surface area (Å²) in [4.78, 5) is 39.3. The number of hydrogen-bond donors (Lipinski definition) is 2. The first-order valence-electron chi connectivity index (χ1n) is 12.0. The van der Waals surface area contributed by atoms with E-state index in [0.29, 0.717) is 25.8 Å². The molecule has 2 aliphatic rings. The maximum Gasteiger partial charge on any atom is 0.407 e. The lowest BCUT2D eigenvalue weighted by Crippen LogP contribution is -2.57. The van der Waals surface area contributed by atoms with Gasteiger partial charge in [0.1, 0.15) is 18.2 Å². The number of amides is 2. The highest BCUT2D eigenvalue weighted by atomic mass is 16.5. The molecule has 1 heterocycles. The molecular weight excluding hydrogens is 432 g/mol. The van der Waals surface area contributed by atoms with Crippen LogP contribution in [0.5, 0.6) is 0 Å². The van der Waals surface area contributed by atoms with Crippen LogP contribution in [0.2, 0.25) is 0 Å². The Morgan fingerprint density at radius 3 is 2.32 bits per heavy atom. The van der Waals surface area contributed by atoms with Crippen LogP contribution in [0.25, 0.3) is 11.1 Å². The molecule has 4 rings (SSSR count). The summed E-state index contributed by atoms with van der Waals surface area (Å²) in [6.45, 7) is 4.11. The molecule has 2 atom stereocenters. The highest BCUT2D eigenvalue weighted by Crippen LogP contribution is 2.44. The van der Waals surface area contributed by atoms with Crippen molar-refractivity contribution in [1.29, 1.82) is 0 Å². The van der Waals surface area contributed by atoms with Crippen LogP contribution in [0, 0.1) is 0 Å². The van der Waals surface area contributed by atoms with E-state index in [4.69, 9.17) is 4.74 Å². The van der Waals surface area contributed by atoms with E-state index in [1.54, 1.807) is 6.92 Å². The maximum absolute atomic E-state index is 13.3. The highest BCUT2D eigenvalue weighted by Gasteiger charge is 2.47. The number of benzene rings is 2. The zero-order valence-corrected chi connectivity index (χ0v) is 19.8. The molecular formula is C27H32N2O5. The van der Waals surface area contributed by atoms with Crippen molar-refractivity contribution in [2.75, 3.05) is 13.2 Å². The number of carbonyl (C=O) groups is 3. The van der Waals surface area contributed by atoms with Crippen LogP contribution >= 0.6 is 0 Å². The van der Waals surface area contributed by atoms with Crippen molar-refractivity contribution in [2.24, 2.45) is 0 Å². The van der Waals surface area contributed by atoms with Gasteiger partial charge < -0.3 is 20.1 Å². The number of carbonyl (C=O) groups excluding carboxylic acids is 2. The Morgan fingerprint density at radius 2 is 1.74 bits per heavy atom. The molecule has 1 fully saturated rings. The lowest BCUT2D eigenvalue weighted by atomic mass is 9.98. The van der Waals surface area contributed by atoms with E-state index in [-0.39, 0.29) is 18.4 Å². The number of carboxylic acids is 1.